The van der Waals surface area contributed by atoms with Crippen molar-refractivity contribution in [2.45, 2.75) is 341 Å². The van der Waals surface area contributed by atoms with Gasteiger partial charge in [0.15, 0.2) is 0 Å². The maximum atomic E-state index is 13.0. The van der Waals surface area contributed by atoms with Crippen molar-refractivity contribution in [2.75, 3.05) is 40.9 Å². The summed E-state index contributed by atoms with van der Waals surface area (Å²) in [5.74, 6) is -0.201. The van der Waals surface area contributed by atoms with Crippen molar-refractivity contribution in [3.05, 3.63) is 36.5 Å². The normalized spacial score (nSPS) is 14.0. The molecule has 0 aliphatic rings. The lowest BCUT2D eigenvalue weighted by Crippen LogP contribution is -2.45. The smallest absolute Gasteiger partial charge is 0.268 e. The number of carbonyl (C=O) groups is 1. The quantitative estimate of drug-likeness (QED) is 0.0272. The first-order chi connectivity index (χ1) is 36.5. The number of nitrogens with one attached hydrogen (secondary N) is 1. The molecule has 2 N–H and O–H groups in total. The maximum Gasteiger partial charge on any atom is 0.268 e. The molecule has 0 aromatic rings. The fourth-order valence-electron chi connectivity index (χ4n) is 9.93. The standard InChI is InChI=1S/C66H129N2O6P/c1-6-8-10-12-14-16-18-20-22-24-26-28-30-32-33-34-35-36-38-40-42-44-46-48-50-52-54-56-58-60-66(70)67-64(63-74-75(71,72)73-62-61-68(3,4)5)65(69)59-57-55-53-51-49-47-45-43-41-39-37-31-29-27-25-23-21-19-17-15-13-11-9-7-2/h24,26,49,51,57,59,64-65,69H,6-23,25,27-48,50,52-56,58,60-63H2,1-5H3,(H-,67,70,71,72)/b26-24-,51-49+,59-57+. The molecule has 3 unspecified atom stereocenters. The number of allylic oxidation sites excluding steroid dienone is 5. The van der Waals surface area contributed by atoms with Gasteiger partial charge in [0.05, 0.1) is 39.9 Å². The minimum atomic E-state index is -4.61. The largest absolute Gasteiger partial charge is 0.756 e. The van der Waals surface area contributed by atoms with E-state index in [-0.39, 0.29) is 19.1 Å². The van der Waals surface area contributed by atoms with Crippen LogP contribution in [0.5, 0.6) is 0 Å². The molecule has 0 heterocycles. The Morgan fingerprint density at radius 1 is 0.453 bits per heavy atom. The number of phosphoric ester groups is 1. The van der Waals surface area contributed by atoms with Crippen molar-refractivity contribution in [3.63, 3.8) is 0 Å². The number of rotatable bonds is 61. The first kappa shape index (κ1) is 73.7. The molecule has 0 saturated heterocycles. The van der Waals surface area contributed by atoms with E-state index in [1.54, 1.807) is 6.08 Å². The first-order valence-electron chi connectivity index (χ1n) is 32.9. The van der Waals surface area contributed by atoms with Crippen LogP contribution < -0.4 is 10.2 Å². The number of unbranched alkanes of at least 4 members (excludes halogenated alkanes) is 44. The van der Waals surface area contributed by atoms with Gasteiger partial charge in [-0.2, -0.15) is 0 Å². The molecule has 9 heteroatoms. The third-order valence-corrected chi connectivity index (χ3v) is 16.0. The topological polar surface area (TPSA) is 108 Å². The van der Waals surface area contributed by atoms with Crippen molar-refractivity contribution in [1.29, 1.82) is 0 Å². The molecule has 0 saturated carbocycles. The number of quaternary nitrogens is 1. The van der Waals surface area contributed by atoms with Crippen LogP contribution in [-0.2, 0) is 18.4 Å². The molecule has 3 atom stereocenters. The summed E-state index contributed by atoms with van der Waals surface area (Å²) in [6.07, 6.45) is 75.4. The van der Waals surface area contributed by atoms with E-state index in [1.165, 1.54) is 270 Å². The molecular weight excluding hydrogens is 948 g/mol. The van der Waals surface area contributed by atoms with E-state index in [0.717, 1.165) is 38.5 Å². The molecule has 0 aromatic heterocycles. The van der Waals surface area contributed by atoms with E-state index in [2.05, 4.69) is 43.5 Å². The van der Waals surface area contributed by atoms with Crippen molar-refractivity contribution in [2.24, 2.45) is 0 Å². The molecule has 0 fully saturated rings. The van der Waals surface area contributed by atoms with Crippen LogP contribution in [-0.4, -0.2) is 68.5 Å². The third-order valence-electron chi connectivity index (χ3n) is 15.1. The highest BCUT2D eigenvalue weighted by atomic mass is 31.2. The Morgan fingerprint density at radius 3 is 1.08 bits per heavy atom. The van der Waals surface area contributed by atoms with Crippen LogP contribution in [0.25, 0.3) is 0 Å². The summed E-state index contributed by atoms with van der Waals surface area (Å²) in [5.41, 5.74) is 0. The summed E-state index contributed by atoms with van der Waals surface area (Å²) < 4.78 is 23.4. The second-order valence-electron chi connectivity index (χ2n) is 23.8. The van der Waals surface area contributed by atoms with Gasteiger partial charge in [-0.25, -0.2) is 0 Å². The van der Waals surface area contributed by atoms with Gasteiger partial charge in [0.1, 0.15) is 13.2 Å². The lowest BCUT2D eigenvalue weighted by atomic mass is 10.0. The zero-order chi connectivity index (χ0) is 54.9. The second-order valence-corrected chi connectivity index (χ2v) is 25.2. The third kappa shape index (κ3) is 60.2. The van der Waals surface area contributed by atoms with E-state index in [0.29, 0.717) is 17.4 Å². The number of hydrogen-bond acceptors (Lipinski definition) is 6. The van der Waals surface area contributed by atoms with Crippen molar-refractivity contribution >= 4 is 13.7 Å². The van der Waals surface area contributed by atoms with Crippen LogP contribution in [0.2, 0.25) is 0 Å². The van der Waals surface area contributed by atoms with Gasteiger partial charge in [-0.05, 0) is 57.8 Å². The summed E-state index contributed by atoms with van der Waals surface area (Å²) in [7, 11) is 1.26. The van der Waals surface area contributed by atoms with Gasteiger partial charge < -0.3 is 28.8 Å². The number of phosphoric acid groups is 1. The van der Waals surface area contributed by atoms with Gasteiger partial charge in [-0.3, -0.25) is 9.36 Å². The summed E-state index contributed by atoms with van der Waals surface area (Å²) in [6, 6.07) is -0.903. The Labute approximate surface area is 467 Å². The molecule has 0 aliphatic heterocycles. The van der Waals surface area contributed by atoms with Crippen molar-refractivity contribution in [1.82, 2.24) is 5.32 Å². The predicted octanol–water partition coefficient (Wildman–Crippen LogP) is 19.9. The fourth-order valence-corrected chi connectivity index (χ4v) is 10.7. The van der Waals surface area contributed by atoms with Gasteiger partial charge in [0.2, 0.25) is 5.91 Å². The Morgan fingerprint density at radius 2 is 0.747 bits per heavy atom. The minimum Gasteiger partial charge on any atom is -0.756 e. The summed E-state index contributed by atoms with van der Waals surface area (Å²) in [4.78, 5) is 25.6. The average Bonchev–Trinajstić information content (AvgIpc) is 3.37. The predicted molar refractivity (Wildman–Crippen MR) is 325 cm³/mol. The molecule has 8 nitrogen and oxygen atoms in total. The molecule has 444 valence electrons. The number of aliphatic hydroxyl groups excluding tert-OH is 1. The fraction of sp³-hybridized carbons (Fsp3) is 0.894. The Bertz CT molecular complexity index is 1320. The molecule has 1 amide bonds. The minimum absolute atomic E-state index is 0.00472. The lowest BCUT2D eigenvalue weighted by Gasteiger charge is -2.29. The van der Waals surface area contributed by atoms with Crippen LogP contribution in [0, 0.1) is 0 Å². The Balaban J connectivity index is 4.12. The lowest BCUT2D eigenvalue weighted by molar-refractivity contribution is -0.870. The van der Waals surface area contributed by atoms with Gasteiger partial charge in [-0.1, -0.05) is 301 Å². The van der Waals surface area contributed by atoms with Gasteiger partial charge in [-0.15, -0.1) is 0 Å². The van der Waals surface area contributed by atoms with E-state index >= 15 is 0 Å². The number of nitrogens with zero attached hydrogens (tertiary/aromatic N) is 1. The Kier molecular flexibility index (Phi) is 56.4. The Hall–Kier alpha value is -1.28. The number of amides is 1. The highest BCUT2D eigenvalue weighted by Crippen LogP contribution is 2.38. The number of hydrogen-bond donors (Lipinski definition) is 2. The molecule has 0 bridgehead atoms. The molecule has 0 aromatic carbocycles. The van der Waals surface area contributed by atoms with Crippen LogP contribution in [0.1, 0.15) is 328 Å². The van der Waals surface area contributed by atoms with E-state index < -0.39 is 20.0 Å². The van der Waals surface area contributed by atoms with Crippen LogP contribution in [0.15, 0.2) is 36.5 Å². The monoisotopic (exact) mass is 1080 g/mol. The van der Waals surface area contributed by atoms with E-state index in [9.17, 15) is 19.4 Å². The SMILES string of the molecule is CCCCCCCCCC/C=C\CCCCCCCCCCCCCCCCCCCC(=O)NC(COP(=O)([O-])OCC[N+](C)(C)C)C(O)/C=C/CC/C=C/CCCCCCCCCCCCCCCCCCCC. The summed E-state index contributed by atoms with van der Waals surface area (Å²) >= 11 is 0. The molecule has 75 heavy (non-hydrogen) atoms. The molecule has 0 radical (unpaired) electrons. The first-order valence-corrected chi connectivity index (χ1v) is 34.3. The number of carbonyl (C=O) groups excluding carboxylic acids is 1. The van der Waals surface area contributed by atoms with Gasteiger partial charge in [0.25, 0.3) is 7.82 Å². The molecular formula is C66H129N2O6P. The van der Waals surface area contributed by atoms with E-state index in [1.807, 2.05) is 27.2 Å². The van der Waals surface area contributed by atoms with Crippen molar-refractivity contribution in [3.8, 4) is 0 Å². The highest BCUT2D eigenvalue weighted by molar-refractivity contribution is 7.45. The van der Waals surface area contributed by atoms with Crippen LogP contribution in [0.3, 0.4) is 0 Å². The zero-order valence-corrected chi connectivity index (χ0v) is 51.7. The summed E-state index contributed by atoms with van der Waals surface area (Å²) in [6.45, 7) is 4.68. The van der Waals surface area contributed by atoms with Crippen molar-refractivity contribution < 1.29 is 32.9 Å². The van der Waals surface area contributed by atoms with Crippen LogP contribution >= 0.6 is 7.82 Å². The van der Waals surface area contributed by atoms with Gasteiger partial charge in [0, 0.05) is 6.42 Å². The van der Waals surface area contributed by atoms with Gasteiger partial charge >= 0.3 is 0 Å². The molecule has 0 aliphatic carbocycles. The number of aliphatic hydroxyl groups is 1. The van der Waals surface area contributed by atoms with Crippen LogP contribution in [0.4, 0.5) is 0 Å². The maximum absolute atomic E-state index is 13.0. The van der Waals surface area contributed by atoms with E-state index in [4.69, 9.17) is 9.05 Å². The molecule has 0 spiro atoms. The number of likely N-dealkylation sites (N-methyl/N-ethyl adjacent to an activating group) is 1. The summed E-state index contributed by atoms with van der Waals surface area (Å²) in [5, 5.41) is 13.9. The molecule has 0 rings (SSSR count). The zero-order valence-electron chi connectivity index (χ0n) is 50.8. The average molecular weight is 1080 g/mol. The second kappa shape index (κ2) is 57.4. The highest BCUT2D eigenvalue weighted by Gasteiger charge is 2.23.